The third-order valence-corrected chi connectivity index (χ3v) is 5.38. The van der Waals surface area contributed by atoms with Crippen LogP contribution >= 0.6 is 22.6 Å². The van der Waals surface area contributed by atoms with Gasteiger partial charge in [0.2, 0.25) is 11.6 Å². The van der Waals surface area contributed by atoms with Gasteiger partial charge in [-0.25, -0.2) is 0 Å². The van der Waals surface area contributed by atoms with Crippen LogP contribution in [-0.2, 0) is 11.2 Å². The Labute approximate surface area is 156 Å². The Hall–Kier alpha value is -0.630. The fourth-order valence-electron chi connectivity index (χ4n) is 2.79. The largest absolute Gasteiger partial charge is 0.490 e. The Balaban J connectivity index is 1.89. The number of halogens is 3. The third kappa shape index (κ3) is 5.18. The molecule has 6 heteroatoms. The highest BCUT2D eigenvalue weighted by atomic mass is 127. The highest BCUT2D eigenvalue weighted by Crippen LogP contribution is 2.36. The fraction of sp³-hybridized carbons (Fsp3) is 0.667. The Morgan fingerprint density at radius 1 is 1.29 bits per heavy atom. The number of benzene rings is 1. The van der Waals surface area contributed by atoms with Crippen molar-refractivity contribution in [3.8, 4) is 11.5 Å². The molecule has 24 heavy (non-hydrogen) atoms. The van der Waals surface area contributed by atoms with Crippen LogP contribution in [0, 0.1) is 11.6 Å². The van der Waals surface area contributed by atoms with E-state index >= 15 is 0 Å². The highest BCUT2D eigenvalue weighted by Gasteiger charge is 2.27. The zero-order chi connectivity index (χ0) is 17.5. The summed E-state index contributed by atoms with van der Waals surface area (Å²) >= 11 is 2.47. The molecular formula is C18H25F2IO3. The van der Waals surface area contributed by atoms with Crippen molar-refractivity contribution >= 4 is 22.6 Å². The number of unbranched alkanes of at least 4 members (excludes halogenated alkanes) is 1. The van der Waals surface area contributed by atoms with E-state index in [0.29, 0.717) is 28.9 Å². The van der Waals surface area contributed by atoms with Gasteiger partial charge >= 0.3 is 0 Å². The number of hydrogen-bond donors (Lipinski definition) is 0. The number of hydrogen-bond acceptors (Lipinski definition) is 3. The predicted molar refractivity (Wildman–Crippen MR) is 98.2 cm³/mol. The second-order valence-corrected chi connectivity index (χ2v) is 7.80. The normalized spacial score (nSPS) is 18.0. The van der Waals surface area contributed by atoms with E-state index < -0.39 is 17.9 Å². The molecule has 0 radical (unpaired) electrons. The molecule has 136 valence electrons. The van der Waals surface area contributed by atoms with E-state index in [1.807, 2.05) is 0 Å². The molecule has 0 N–H and O–H groups in total. The molecule has 0 bridgehead atoms. The lowest BCUT2D eigenvalue weighted by Gasteiger charge is -2.25. The number of rotatable bonds is 9. The summed E-state index contributed by atoms with van der Waals surface area (Å²) in [6.45, 7) is 2.58. The molecule has 0 saturated heterocycles. The SMILES string of the molecule is CCCC(I)CCCCOc1cc2c(c(F)c1F)OC(OC)CC2. The quantitative estimate of drug-likeness (QED) is 0.284. The molecule has 1 aliphatic rings. The third-order valence-electron chi connectivity index (χ3n) is 4.14. The first-order valence-corrected chi connectivity index (χ1v) is 9.78. The predicted octanol–water partition coefficient (Wildman–Crippen LogP) is 5.42. The number of fused-ring (bicyclic) bond motifs is 1. The van der Waals surface area contributed by atoms with Crippen molar-refractivity contribution < 1.29 is 23.0 Å². The van der Waals surface area contributed by atoms with E-state index in [1.54, 1.807) is 6.07 Å². The summed E-state index contributed by atoms with van der Waals surface area (Å²) in [5.74, 6) is -2.04. The van der Waals surface area contributed by atoms with Gasteiger partial charge in [0, 0.05) is 23.0 Å². The van der Waals surface area contributed by atoms with Crippen molar-refractivity contribution in [2.75, 3.05) is 13.7 Å². The van der Waals surface area contributed by atoms with Gasteiger partial charge < -0.3 is 14.2 Å². The van der Waals surface area contributed by atoms with Crippen LogP contribution in [0.4, 0.5) is 8.78 Å². The van der Waals surface area contributed by atoms with E-state index in [9.17, 15) is 8.78 Å². The van der Waals surface area contributed by atoms with Gasteiger partial charge in [0.1, 0.15) is 0 Å². The Morgan fingerprint density at radius 2 is 2.08 bits per heavy atom. The molecule has 0 aliphatic carbocycles. The second-order valence-electron chi connectivity index (χ2n) is 6.04. The van der Waals surface area contributed by atoms with Crippen LogP contribution in [-0.4, -0.2) is 23.9 Å². The van der Waals surface area contributed by atoms with Gasteiger partial charge in [0.05, 0.1) is 6.61 Å². The van der Waals surface area contributed by atoms with Gasteiger partial charge in [0.25, 0.3) is 0 Å². The average Bonchev–Trinajstić information content (AvgIpc) is 2.58. The van der Waals surface area contributed by atoms with Crippen LogP contribution in [0.1, 0.15) is 51.0 Å². The number of ether oxygens (including phenoxy) is 3. The van der Waals surface area contributed by atoms with Crippen molar-refractivity contribution in [1.82, 2.24) is 0 Å². The molecule has 0 spiro atoms. The molecule has 2 rings (SSSR count). The van der Waals surface area contributed by atoms with Crippen molar-refractivity contribution in [2.45, 2.75) is 62.1 Å². The lowest BCUT2D eigenvalue weighted by Crippen LogP contribution is -2.25. The fourth-order valence-corrected chi connectivity index (χ4v) is 3.85. The molecule has 1 heterocycles. The van der Waals surface area contributed by atoms with Crippen LogP contribution < -0.4 is 9.47 Å². The van der Waals surface area contributed by atoms with Crippen molar-refractivity contribution in [2.24, 2.45) is 0 Å². The maximum Gasteiger partial charge on any atom is 0.204 e. The maximum atomic E-state index is 14.2. The minimum absolute atomic E-state index is 0.0229. The lowest BCUT2D eigenvalue weighted by atomic mass is 10.0. The molecule has 0 amide bonds. The van der Waals surface area contributed by atoms with Gasteiger partial charge in [-0.15, -0.1) is 0 Å². The average molecular weight is 454 g/mol. The molecule has 1 aliphatic heterocycles. The Bertz CT molecular complexity index is 539. The standard InChI is InChI=1S/C18H25F2IO3/c1-3-6-13(21)7-4-5-10-23-14-11-12-8-9-15(22-2)24-18(12)17(20)16(14)19/h11,13,15H,3-10H2,1-2H3. The van der Waals surface area contributed by atoms with Gasteiger partial charge in [0.15, 0.2) is 17.8 Å². The first-order chi connectivity index (χ1) is 11.6. The van der Waals surface area contributed by atoms with E-state index in [1.165, 1.54) is 20.0 Å². The molecule has 1 aromatic rings. The van der Waals surface area contributed by atoms with Crippen LogP contribution in [0.15, 0.2) is 6.07 Å². The van der Waals surface area contributed by atoms with Gasteiger partial charge in [-0.2, -0.15) is 8.78 Å². The monoisotopic (exact) mass is 454 g/mol. The molecule has 3 nitrogen and oxygen atoms in total. The Kier molecular flexibility index (Phi) is 8.00. The highest BCUT2D eigenvalue weighted by molar-refractivity contribution is 14.1. The van der Waals surface area contributed by atoms with Crippen molar-refractivity contribution in [3.63, 3.8) is 0 Å². The molecule has 2 atom stereocenters. The molecule has 0 aromatic heterocycles. The number of alkyl halides is 1. The van der Waals surface area contributed by atoms with E-state index in [-0.39, 0.29) is 11.5 Å². The van der Waals surface area contributed by atoms with E-state index in [0.717, 1.165) is 19.3 Å². The summed E-state index contributed by atoms with van der Waals surface area (Å²) in [5, 5.41) is 0. The summed E-state index contributed by atoms with van der Waals surface area (Å²) in [5.41, 5.74) is 0.632. The molecular weight excluding hydrogens is 429 g/mol. The molecule has 2 unspecified atom stereocenters. The van der Waals surface area contributed by atoms with E-state index in [2.05, 4.69) is 29.5 Å². The van der Waals surface area contributed by atoms with Crippen LogP contribution in [0.3, 0.4) is 0 Å². The number of aryl methyl sites for hydroxylation is 1. The molecule has 0 fully saturated rings. The van der Waals surface area contributed by atoms with Gasteiger partial charge in [-0.05, 0) is 38.2 Å². The summed E-state index contributed by atoms with van der Waals surface area (Å²) in [4.78, 5) is 0. The van der Waals surface area contributed by atoms with Crippen molar-refractivity contribution in [3.05, 3.63) is 23.3 Å². The zero-order valence-electron chi connectivity index (χ0n) is 14.2. The number of methoxy groups -OCH3 is 1. The van der Waals surface area contributed by atoms with Crippen molar-refractivity contribution in [1.29, 1.82) is 0 Å². The first-order valence-electron chi connectivity index (χ1n) is 8.54. The minimum Gasteiger partial charge on any atom is -0.490 e. The smallest absolute Gasteiger partial charge is 0.204 e. The van der Waals surface area contributed by atoms with E-state index in [4.69, 9.17) is 14.2 Å². The summed E-state index contributed by atoms with van der Waals surface area (Å²) in [6, 6.07) is 1.55. The molecule has 0 saturated carbocycles. The maximum absolute atomic E-state index is 14.2. The minimum atomic E-state index is -0.987. The zero-order valence-corrected chi connectivity index (χ0v) is 16.4. The summed E-state index contributed by atoms with van der Waals surface area (Å²) in [6.07, 6.45) is 6.07. The summed E-state index contributed by atoms with van der Waals surface area (Å²) in [7, 11) is 1.49. The summed E-state index contributed by atoms with van der Waals surface area (Å²) < 4.78 is 44.9. The van der Waals surface area contributed by atoms with Gasteiger partial charge in [-0.1, -0.05) is 35.9 Å². The first kappa shape index (κ1) is 19.7. The topological polar surface area (TPSA) is 27.7 Å². The van der Waals surface area contributed by atoms with Crippen LogP contribution in [0.2, 0.25) is 0 Å². The van der Waals surface area contributed by atoms with Crippen LogP contribution in [0.5, 0.6) is 11.5 Å². The van der Waals surface area contributed by atoms with Gasteiger partial charge in [-0.3, -0.25) is 0 Å². The Morgan fingerprint density at radius 3 is 2.79 bits per heavy atom. The lowest BCUT2D eigenvalue weighted by molar-refractivity contribution is -0.0679. The van der Waals surface area contributed by atoms with Crippen LogP contribution in [0.25, 0.3) is 0 Å². The molecule has 1 aromatic carbocycles. The second kappa shape index (κ2) is 9.75.